The minimum absolute atomic E-state index is 0.0349. The van der Waals surface area contributed by atoms with Crippen LogP contribution >= 0.6 is 11.6 Å². The van der Waals surface area contributed by atoms with Crippen LogP contribution < -0.4 is 14.2 Å². The molecule has 10 nitrogen and oxygen atoms in total. The molecule has 45 heavy (non-hydrogen) atoms. The molecule has 0 bridgehead atoms. The highest BCUT2D eigenvalue weighted by atomic mass is 35.5. The average Bonchev–Trinajstić information content (AvgIpc) is 3.71. The van der Waals surface area contributed by atoms with Gasteiger partial charge in [0.05, 0.1) is 41.3 Å². The number of halogens is 4. The molecule has 0 saturated carbocycles. The Kier molecular flexibility index (Phi) is 9.28. The van der Waals surface area contributed by atoms with Crippen molar-refractivity contribution in [3.63, 3.8) is 0 Å². The number of benzene rings is 2. The molecule has 0 aliphatic rings. The van der Waals surface area contributed by atoms with E-state index in [1.54, 1.807) is 51.3 Å². The average molecular weight is 643 g/mol. The number of rotatable bonds is 11. The first-order chi connectivity index (χ1) is 21.5. The van der Waals surface area contributed by atoms with Crippen molar-refractivity contribution in [2.45, 2.75) is 33.2 Å². The molecule has 0 aliphatic heterocycles. The summed E-state index contributed by atoms with van der Waals surface area (Å²) < 4.78 is 67.0. The van der Waals surface area contributed by atoms with Crippen molar-refractivity contribution in [2.75, 3.05) is 13.7 Å². The predicted molar refractivity (Wildman–Crippen MR) is 156 cm³/mol. The summed E-state index contributed by atoms with van der Waals surface area (Å²) in [6.45, 7) is 3.68. The van der Waals surface area contributed by atoms with Gasteiger partial charge in [0.2, 0.25) is 5.82 Å². The topological polar surface area (TPSA) is 122 Å². The van der Waals surface area contributed by atoms with E-state index in [2.05, 4.69) is 20.1 Å². The van der Waals surface area contributed by atoms with Crippen molar-refractivity contribution in [3.8, 4) is 39.9 Å². The Morgan fingerprint density at radius 2 is 1.84 bits per heavy atom. The van der Waals surface area contributed by atoms with Crippen LogP contribution in [0, 0.1) is 6.92 Å². The van der Waals surface area contributed by atoms with Crippen LogP contribution in [0.4, 0.5) is 13.2 Å². The zero-order valence-corrected chi connectivity index (χ0v) is 25.0. The third kappa shape index (κ3) is 7.37. The smallest absolute Gasteiger partial charge is 0.417 e. The molecule has 5 rings (SSSR count). The number of aromatic nitrogens is 4. The van der Waals surface area contributed by atoms with Crippen molar-refractivity contribution in [2.24, 2.45) is 0 Å². The molecule has 1 N–H and O–H groups in total. The van der Waals surface area contributed by atoms with Crippen LogP contribution in [0.1, 0.15) is 40.0 Å². The number of H-pyrrole nitrogens is 1. The zero-order chi connectivity index (χ0) is 32.1. The SMILES string of the molecule is CCOC(=O)c1nc(-c2cc(C)c(OCc3cc(OCc4ccc(OC)cc4)c(-c4cc(C(F)(F)F)c[nH]4)cn3)c(Cl)c2)no1. The maximum absolute atomic E-state index is 13.3. The summed E-state index contributed by atoms with van der Waals surface area (Å²) in [6.07, 6.45) is -2.21. The Bertz CT molecular complexity index is 1780. The molecule has 14 heteroatoms. The van der Waals surface area contributed by atoms with E-state index in [9.17, 15) is 18.0 Å². The first-order valence-electron chi connectivity index (χ1n) is 13.5. The van der Waals surface area contributed by atoms with Crippen LogP contribution in [0.15, 0.2) is 65.4 Å². The second-order valence-corrected chi connectivity index (χ2v) is 10.1. The van der Waals surface area contributed by atoms with E-state index in [1.807, 2.05) is 12.1 Å². The molecule has 0 saturated heterocycles. The molecule has 0 spiro atoms. The lowest BCUT2D eigenvalue weighted by Crippen LogP contribution is -2.04. The Morgan fingerprint density at radius 3 is 2.51 bits per heavy atom. The molecule has 0 unspecified atom stereocenters. The van der Waals surface area contributed by atoms with Crippen molar-refractivity contribution in [3.05, 3.63) is 94.2 Å². The van der Waals surface area contributed by atoms with Gasteiger partial charge >= 0.3 is 18.0 Å². The molecular weight excluding hydrogens is 617 g/mol. The molecule has 0 radical (unpaired) electrons. The third-order valence-corrected chi connectivity index (χ3v) is 6.79. The first-order valence-corrected chi connectivity index (χ1v) is 13.9. The van der Waals surface area contributed by atoms with E-state index in [4.69, 9.17) is 35.1 Å². The standard InChI is InChI=1S/C31H26ClF3N4O6/c1-4-42-30(40)29-38-28(39-45-29)19-9-17(2)27(24(32)10-19)44-16-21-12-26(43-15-18-5-7-22(41-3)8-6-18)23(14-36-21)25-11-20(13-37-25)31(33,34)35/h5-14,37H,4,15-16H2,1-3H3. The number of aromatic amines is 1. The minimum atomic E-state index is -4.51. The number of esters is 1. The largest absolute Gasteiger partial charge is 0.497 e. The lowest BCUT2D eigenvalue weighted by Gasteiger charge is -2.15. The molecule has 5 aromatic rings. The van der Waals surface area contributed by atoms with Crippen molar-refractivity contribution in [1.82, 2.24) is 20.1 Å². The van der Waals surface area contributed by atoms with Crippen molar-refractivity contribution in [1.29, 1.82) is 0 Å². The highest BCUT2D eigenvalue weighted by Gasteiger charge is 2.32. The number of nitrogens with zero attached hydrogens (tertiary/aromatic N) is 3. The van der Waals surface area contributed by atoms with E-state index in [1.165, 1.54) is 6.20 Å². The van der Waals surface area contributed by atoms with Gasteiger partial charge in [-0.25, -0.2) is 4.79 Å². The lowest BCUT2D eigenvalue weighted by atomic mass is 10.1. The van der Waals surface area contributed by atoms with Gasteiger partial charge < -0.3 is 28.5 Å². The molecule has 234 valence electrons. The number of hydrogen-bond donors (Lipinski definition) is 1. The number of ether oxygens (including phenoxy) is 4. The summed E-state index contributed by atoms with van der Waals surface area (Å²) in [6, 6.07) is 13.1. The number of alkyl halides is 3. The number of pyridine rings is 1. The van der Waals surface area contributed by atoms with Gasteiger partial charge in [-0.15, -0.1) is 0 Å². The first kappa shape index (κ1) is 31.4. The zero-order valence-electron chi connectivity index (χ0n) is 24.2. The maximum Gasteiger partial charge on any atom is 0.417 e. The summed E-state index contributed by atoms with van der Waals surface area (Å²) in [4.78, 5) is 23.0. The van der Waals surface area contributed by atoms with E-state index in [0.29, 0.717) is 39.6 Å². The molecule has 2 aromatic carbocycles. The number of nitrogens with one attached hydrogen (secondary N) is 1. The highest BCUT2D eigenvalue weighted by Crippen LogP contribution is 2.37. The fourth-order valence-electron chi connectivity index (χ4n) is 4.28. The Balaban J connectivity index is 1.37. The van der Waals surface area contributed by atoms with Crippen LogP contribution in [0.5, 0.6) is 17.2 Å². The number of carbonyl (C=O) groups excluding carboxylic acids is 1. The molecule has 0 atom stereocenters. The summed E-state index contributed by atoms with van der Waals surface area (Å²) >= 11 is 6.53. The van der Waals surface area contributed by atoms with Crippen molar-refractivity contribution < 1.29 is 41.4 Å². The maximum atomic E-state index is 13.3. The Labute approximate surface area is 260 Å². The quantitative estimate of drug-likeness (QED) is 0.146. The lowest BCUT2D eigenvalue weighted by molar-refractivity contribution is -0.137. The third-order valence-electron chi connectivity index (χ3n) is 6.50. The van der Waals surface area contributed by atoms with Gasteiger partial charge in [-0.1, -0.05) is 28.9 Å². The summed E-state index contributed by atoms with van der Waals surface area (Å²) in [7, 11) is 1.56. The number of aryl methyl sites for hydroxylation is 1. The van der Waals surface area contributed by atoms with Gasteiger partial charge in [0.1, 0.15) is 30.5 Å². The van der Waals surface area contributed by atoms with Crippen molar-refractivity contribution >= 4 is 17.6 Å². The van der Waals surface area contributed by atoms with Crippen LogP contribution in [0.3, 0.4) is 0 Å². The second kappa shape index (κ2) is 13.3. The van der Waals surface area contributed by atoms with Crippen LogP contribution in [-0.4, -0.2) is 39.8 Å². The van der Waals surface area contributed by atoms with Crippen LogP contribution in [0.2, 0.25) is 5.02 Å². The number of hydrogen-bond acceptors (Lipinski definition) is 9. The van der Waals surface area contributed by atoms with E-state index in [0.717, 1.165) is 17.8 Å². The molecule has 3 aromatic heterocycles. The molecule has 3 heterocycles. The molecular formula is C31H26ClF3N4O6. The Morgan fingerprint density at radius 1 is 1.07 bits per heavy atom. The number of carbonyl (C=O) groups is 1. The van der Waals surface area contributed by atoms with Gasteiger partial charge in [-0.05, 0) is 55.3 Å². The fraction of sp³-hybridized carbons (Fsp3) is 0.226. The molecule has 0 amide bonds. The van der Waals surface area contributed by atoms with Gasteiger partial charge in [0.15, 0.2) is 0 Å². The second-order valence-electron chi connectivity index (χ2n) is 9.64. The van der Waals surface area contributed by atoms with Crippen LogP contribution in [-0.2, 0) is 24.1 Å². The predicted octanol–water partition coefficient (Wildman–Crippen LogP) is 7.45. The molecule has 0 aliphatic carbocycles. The highest BCUT2D eigenvalue weighted by molar-refractivity contribution is 6.32. The monoisotopic (exact) mass is 642 g/mol. The molecule has 0 fully saturated rings. The number of methoxy groups -OCH3 is 1. The van der Waals surface area contributed by atoms with Crippen LogP contribution in [0.25, 0.3) is 22.6 Å². The van der Waals surface area contributed by atoms with Gasteiger partial charge in [0.25, 0.3) is 0 Å². The summed E-state index contributed by atoms with van der Waals surface area (Å²) in [5, 5.41) is 4.06. The fourth-order valence-corrected chi connectivity index (χ4v) is 4.60. The summed E-state index contributed by atoms with van der Waals surface area (Å²) in [5.74, 6) is 0.456. The van der Waals surface area contributed by atoms with Gasteiger partial charge in [0, 0.05) is 24.0 Å². The van der Waals surface area contributed by atoms with E-state index < -0.39 is 17.7 Å². The van der Waals surface area contributed by atoms with Gasteiger partial charge in [-0.3, -0.25) is 4.98 Å². The summed E-state index contributed by atoms with van der Waals surface area (Å²) in [5.41, 5.74) is 2.08. The normalized spacial score (nSPS) is 11.4. The Hall–Kier alpha value is -5.04. The van der Waals surface area contributed by atoms with E-state index >= 15 is 0 Å². The van der Waals surface area contributed by atoms with E-state index in [-0.39, 0.29) is 42.3 Å². The minimum Gasteiger partial charge on any atom is -0.497 e. The van der Waals surface area contributed by atoms with Gasteiger partial charge in [-0.2, -0.15) is 18.2 Å².